The molecule has 3 N–H and O–H groups in total. The van der Waals surface area contributed by atoms with Gasteiger partial charge in [0.15, 0.2) is 5.65 Å². The van der Waals surface area contributed by atoms with Gasteiger partial charge in [-0.3, -0.25) is 5.10 Å². The maximum absolute atomic E-state index is 4.47. The third-order valence-electron chi connectivity index (χ3n) is 2.93. The summed E-state index contributed by atoms with van der Waals surface area (Å²) in [6.07, 6.45) is 3.52. The second-order valence-electron chi connectivity index (χ2n) is 4.87. The van der Waals surface area contributed by atoms with E-state index in [0.29, 0.717) is 11.6 Å². The summed E-state index contributed by atoms with van der Waals surface area (Å²) in [5, 5.41) is 17.1. The van der Waals surface area contributed by atoms with Crippen molar-refractivity contribution in [2.45, 2.75) is 19.4 Å². The molecule has 0 unspecified atom stereocenters. The first-order chi connectivity index (χ1) is 9.60. The predicted molar refractivity (Wildman–Crippen MR) is 80.0 cm³/mol. The Kier molecular flexibility index (Phi) is 3.01. The van der Waals surface area contributed by atoms with Crippen molar-refractivity contribution in [1.82, 2.24) is 25.1 Å². The lowest BCUT2D eigenvalue weighted by Crippen LogP contribution is -2.28. The van der Waals surface area contributed by atoms with Gasteiger partial charge in [-0.15, -0.1) is 11.3 Å². The molecule has 0 aromatic carbocycles. The van der Waals surface area contributed by atoms with Gasteiger partial charge in [-0.1, -0.05) is 0 Å². The van der Waals surface area contributed by atoms with Gasteiger partial charge in [-0.2, -0.15) is 15.1 Å². The summed E-state index contributed by atoms with van der Waals surface area (Å²) in [6, 6.07) is 0. The minimum atomic E-state index is -0.322. The Hall–Kier alpha value is -2.22. The number of aromatic nitrogens is 5. The van der Waals surface area contributed by atoms with Crippen molar-refractivity contribution in [3.8, 4) is 0 Å². The van der Waals surface area contributed by atoms with E-state index >= 15 is 0 Å². The summed E-state index contributed by atoms with van der Waals surface area (Å²) in [5.41, 5.74) is 0.374. The molecule has 104 valence electrons. The predicted octanol–water partition coefficient (Wildman–Crippen LogP) is 2.20. The lowest BCUT2D eigenvalue weighted by atomic mass is 10.1. The molecule has 0 atom stereocenters. The Morgan fingerprint density at radius 2 is 2.15 bits per heavy atom. The van der Waals surface area contributed by atoms with Crippen molar-refractivity contribution < 1.29 is 0 Å². The minimum absolute atomic E-state index is 0.322. The third-order valence-corrected chi connectivity index (χ3v) is 4.03. The van der Waals surface area contributed by atoms with Gasteiger partial charge < -0.3 is 10.6 Å². The molecule has 20 heavy (non-hydrogen) atoms. The summed E-state index contributed by atoms with van der Waals surface area (Å²) in [6.45, 7) is 4.14. The SMILES string of the molecule is CNc1nc(NC(C)(C)c2nccs2)c2cn[nH]c2n1. The quantitative estimate of drug-likeness (QED) is 0.682. The molecule has 8 heteroatoms. The number of nitrogens with one attached hydrogen (secondary N) is 3. The number of nitrogens with zero attached hydrogens (tertiary/aromatic N) is 4. The first-order valence-electron chi connectivity index (χ1n) is 6.17. The zero-order valence-corrected chi connectivity index (χ0v) is 12.2. The van der Waals surface area contributed by atoms with Gasteiger partial charge in [0, 0.05) is 18.6 Å². The van der Waals surface area contributed by atoms with E-state index in [4.69, 9.17) is 0 Å². The Morgan fingerprint density at radius 1 is 1.30 bits per heavy atom. The van der Waals surface area contributed by atoms with Crippen LogP contribution in [0.3, 0.4) is 0 Å². The van der Waals surface area contributed by atoms with E-state index in [-0.39, 0.29) is 5.54 Å². The van der Waals surface area contributed by atoms with Gasteiger partial charge in [-0.25, -0.2) is 4.98 Å². The summed E-state index contributed by atoms with van der Waals surface area (Å²) in [7, 11) is 1.79. The molecule has 0 fully saturated rings. The molecule has 0 bridgehead atoms. The molecule has 0 aliphatic heterocycles. The number of H-pyrrole nitrogens is 1. The molecule has 7 nitrogen and oxygen atoms in total. The summed E-state index contributed by atoms with van der Waals surface area (Å²) >= 11 is 1.61. The van der Waals surface area contributed by atoms with Gasteiger partial charge in [0.2, 0.25) is 5.95 Å². The van der Waals surface area contributed by atoms with Crippen LogP contribution in [0.25, 0.3) is 11.0 Å². The maximum Gasteiger partial charge on any atom is 0.226 e. The maximum atomic E-state index is 4.47. The van der Waals surface area contributed by atoms with Gasteiger partial charge in [0.1, 0.15) is 10.8 Å². The Morgan fingerprint density at radius 3 is 2.85 bits per heavy atom. The molecule has 3 aromatic heterocycles. The lowest BCUT2D eigenvalue weighted by molar-refractivity contribution is 0.602. The number of anilines is 2. The van der Waals surface area contributed by atoms with Crippen LogP contribution in [-0.4, -0.2) is 32.2 Å². The molecular formula is C12H15N7S. The van der Waals surface area contributed by atoms with Gasteiger partial charge in [0.25, 0.3) is 0 Å². The molecule has 0 saturated heterocycles. The highest BCUT2D eigenvalue weighted by atomic mass is 32.1. The Labute approximate surface area is 119 Å². The minimum Gasteiger partial charge on any atom is -0.358 e. The van der Waals surface area contributed by atoms with Crippen molar-refractivity contribution in [2.24, 2.45) is 0 Å². The normalized spacial score (nSPS) is 11.8. The summed E-state index contributed by atoms with van der Waals surface area (Å²) in [5.74, 6) is 1.27. The van der Waals surface area contributed by atoms with E-state index in [1.807, 2.05) is 5.38 Å². The molecule has 0 spiro atoms. The highest BCUT2D eigenvalue weighted by molar-refractivity contribution is 7.09. The number of rotatable bonds is 4. The fraction of sp³-hybridized carbons (Fsp3) is 0.333. The molecule has 3 rings (SSSR count). The number of thiazole rings is 1. The summed E-state index contributed by atoms with van der Waals surface area (Å²) < 4.78 is 0. The van der Waals surface area contributed by atoms with E-state index in [0.717, 1.165) is 16.2 Å². The Balaban J connectivity index is 2.03. The standard InChI is InChI=1S/C12H15N7S/c1-12(2,10-14-4-5-20-10)18-8-7-6-15-19-9(7)17-11(13-3)16-8/h4-6H,1-3H3,(H3,13,15,16,17,18,19). The van der Waals surface area contributed by atoms with Crippen LogP contribution in [0.4, 0.5) is 11.8 Å². The number of hydrogen-bond donors (Lipinski definition) is 3. The molecule has 0 aliphatic carbocycles. The fourth-order valence-corrected chi connectivity index (χ4v) is 2.64. The number of aromatic amines is 1. The second kappa shape index (κ2) is 4.71. The van der Waals surface area contributed by atoms with E-state index in [1.165, 1.54) is 0 Å². The lowest BCUT2D eigenvalue weighted by Gasteiger charge is -2.24. The zero-order valence-electron chi connectivity index (χ0n) is 11.4. The van der Waals surface area contributed by atoms with E-state index < -0.39 is 0 Å². The number of fused-ring (bicyclic) bond motifs is 1. The van der Waals surface area contributed by atoms with Crippen molar-refractivity contribution in [3.05, 3.63) is 22.8 Å². The molecule has 0 amide bonds. The molecule has 0 saturated carbocycles. The van der Waals surface area contributed by atoms with Crippen molar-refractivity contribution in [1.29, 1.82) is 0 Å². The van der Waals surface area contributed by atoms with Crippen LogP contribution in [0.15, 0.2) is 17.8 Å². The molecule has 0 aliphatic rings. The first-order valence-corrected chi connectivity index (χ1v) is 7.05. The molecule has 0 radical (unpaired) electrons. The molecule has 3 heterocycles. The average molecular weight is 289 g/mol. The topological polar surface area (TPSA) is 91.4 Å². The molecule has 3 aromatic rings. The van der Waals surface area contributed by atoms with E-state index in [1.54, 1.807) is 30.8 Å². The van der Waals surface area contributed by atoms with Crippen LogP contribution in [0, 0.1) is 0 Å². The largest absolute Gasteiger partial charge is 0.358 e. The highest BCUT2D eigenvalue weighted by Crippen LogP contribution is 2.29. The van der Waals surface area contributed by atoms with Crippen LogP contribution in [0.2, 0.25) is 0 Å². The van der Waals surface area contributed by atoms with Crippen LogP contribution in [0.5, 0.6) is 0 Å². The van der Waals surface area contributed by atoms with Gasteiger partial charge in [-0.05, 0) is 13.8 Å². The fourth-order valence-electron chi connectivity index (χ4n) is 1.92. The van der Waals surface area contributed by atoms with Gasteiger partial charge in [0.05, 0.1) is 17.1 Å². The van der Waals surface area contributed by atoms with Gasteiger partial charge >= 0.3 is 0 Å². The van der Waals surface area contributed by atoms with Crippen LogP contribution >= 0.6 is 11.3 Å². The third kappa shape index (κ3) is 2.18. The smallest absolute Gasteiger partial charge is 0.226 e. The van der Waals surface area contributed by atoms with Crippen molar-refractivity contribution >= 4 is 34.1 Å². The van der Waals surface area contributed by atoms with Crippen molar-refractivity contribution in [2.75, 3.05) is 17.7 Å². The van der Waals surface area contributed by atoms with Crippen LogP contribution in [-0.2, 0) is 5.54 Å². The van der Waals surface area contributed by atoms with Crippen LogP contribution in [0.1, 0.15) is 18.9 Å². The monoisotopic (exact) mass is 289 g/mol. The summed E-state index contributed by atoms with van der Waals surface area (Å²) in [4.78, 5) is 13.2. The van der Waals surface area contributed by atoms with E-state index in [9.17, 15) is 0 Å². The highest BCUT2D eigenvalue weighted by Gasteiger charge is 2.25. The van der Waals surface area contributed by atoms with Crippen molar-refractivity contribution in [3.63, 3.8) is 0 Å². The molecular weight excluding hydrogens is 274 g/mol. The Bertz CT molecular complexity index is 717. The number of hydrogen-bond acceptors (Lipinski definition) is 7. The average Bonchev–Trinajstić information content (AvgIpc) is 3.09. The first kappa shape index (κ1) is 12.8. The van der Waals surface area contributed by atoms with E-state index in [2.05, 4.69) is 49.6 Å². The van der Waals surface area contributed by atoms with Crippen LogP contribution < -0.4 is 10.6 Å². The second-order valence-corrected chi connectivity index (χ2v) is 5.76. The zero-order chi connectivity index (χ0) is 14.2.